The number of halogens is 1. The van der Waals surface area contributed by atoms with Gasteiger partial charge in [0.25, 0.3) is 0 Å². The first-order valence-electron chi connectivity index (χ1n) is 7.38. The number of ether oxygens (including phenoxy) is 2. The number of fused-ring (bicyclic) bond motifs is 1. The Kier molecular flexibility index (Phi) is 4.21. The molecule has 118 valence electrons. The van der Waals surface area contributed by atoms with E-state index in [1.54, 1.807) is 0 Å². The summed E-state index contributed by atoms with van der Waals surface area (Å²) >= 11 is 6.34. The van der Waals surface area contributed by atoms with Gasteiger partial charge in [0.05, 0.1) is 17.9 Å². The lowest BCUT2D eigenvalue weighted by Gasteiger charge is -2.42. The highest BCUT2D eigenvalue weighted by Crippen LogP contribution is 2.39. The van der Waals surface area contributed by atoms with Crippen molar-refractivity contribution in [3.63, 3.8) is 0 Å². The minimum Gasteiger partial charge on any atom is -0.454 e. The average molecular weight is 323 g/mol. The van der Waals surface area contributed by atoms with Crippen LogP contribution in [0.15, 0.2) is 29.3 Å². The summed E-state index contributed by atoms with van der Waals surface area (Å²) in [4.78, 5) is 16.6. The van der Waals surface area contributed by atoms with Crippen LogP contribution < -0.4 is 5.73 Å². The van der Waals surface area contributed by atoms with Crippen molar-refractivity contribution >= 4 is 23.3 Å². The molecule has 3 atom stereocenters. The molecule has 0 aromatic heterocycles. The molecule has 3 rings (SSSR count). The standard InChI is InChI=1S/C16H19ClN2O3/c1-21-9-12-15(20)22-13-7-4-8-16(18,14(13)19-12)10-5-2-3-6-11(10)17/h2-3,5-6,12-13H,4,7-9,18H2,1H3/t12?,13-,16-/m1/s1. The molecular weight excluding hydrogens is 304 g/mol. The van der Waals surface area contributed by atoms with Gasteiger partial charge in [0.15, 0.2) is 6.04 Å². The number of nitrogens with two attached hydrogens (primary N) is 1. The van der Waals surface area contributed by atoms with Crippen molar-refractivity contribution in [2.45, 2.75) is 36.9 Å². The summed E-state index contributed by atoms with van der Waals surface area (Å²) < 4.78 is 10.6. The number of esters is 1. The Morgan fingerprint density at radius 3 is 3.00 bits per heavy atom. The molecule has 0 saturated heterocycles. The molecule has 0 bridgehead atoms. The fourth-order valence-corrected chi connectivity index (χ4v) is 3.53. The highest BCUT2D eigenvalue weighted by atomic mass is 35.5. The van der Waals surface area contributed by atoms with E-state index in [0.717, 1.165) is 24.8 Å². The zero-order chi connectivity index (χ0) is 15.7. The number of benzene rings is 1. The van der Waals surface area contributed by atoms with Crippen molar-refractivity contribution in [1.82, 2.24) is 0 Å². The van der Waals surface area contributed by atoms with E-state index >= 15 is 0 Å². The van der Waals surface area contributed by atoms with Gasteiger partial charge in [-0.25, -0.2) is 4.79 Å². The molecule has 2 N–H and O–H groups in total. The van der Waals surface area contributed by atoms with Gasteiger partial charge < -0.3 is 15.2 Å². The molecule has 1 saturated carbocycles. The molecule has 2 aliphatic rings. The van der Waals surface area contributed by atoms with E-state index in [4.69, 9.17) is 26.8 Å². The lowest BCUT2D eigenvalue weighted by atomic mass is 9.73. The molecule has 5 nitrogen and oxygen atoms in total. The van der Waals surface area contributed by atoms with E-state index in [2.05, 4.69) is 4.99 Å². The van der Waals surface area contributed by atoms with Crippen molar-refractivity contribution in [3.05, 3.63) is 34.9 Å². The van der Waals surface area contributed by atoms with Crippen LogP contribution in [0.5, 0.6) is 0 Å². The lowest BCUT2D eigenvalue weighted by Crippen LogP contribution is -2.57. The number of nitrogens with zero attached hydrogens (tertiary/aromatic N) is 1. The van der Waals surface area contributed by atoms with Crippen LogP contribution in [0.4, 0.5) is 0 Å². The number of aliphatic imine (C=N–C) groups is 1. The first-order chi connectivity index (χ1) is 10.6. The van der Waals surface area contributed by atoms with Crippen molar-refractivity contribution in [3.8, 4) is 0 Å². The molecule has 22 heavy (non-hydrogen) atoms. The van der Waals surface area contributed by atoms with Crippen LogP contribution in [0.25, 0.3) is 0 Å². The Hall–Kier alpha value is -1.43. The second kappa shape index (κ2) is 5.99. The maximum atomic E-state index is 12.0. The van der Waals surface area contributed by atoms with Crippen LogP contribution in [0.3, 0.4) is 0 Å². The van der Waals surface area contributed by atoms with E-state index in [9.17, 15) is 4.79 Å². The van der Waals surface area contributed by atoms with Crippen LogP contribution in [0.2, 0.25) is 5.02 Å². The summed E-state index contributed by atoms with van der Waals surface area (Å²) in [5.74, 6) is -0.348. The number of methoxy groups -OCH3 is 1. The summed E-state index contributed by atoms with van der Waals surface area (Å²) in [5, 5.41) is 0.605. The molecular formula is C16H19ClN2O3. The maximum absolute atomic E-state index is 12.0. The Morgan fingerprint density at radius 1 is 1.50 bits per heavy atom. The molecule has 6 heteroatoms. The number of hydrogen-bond donors (Lipinski definition) is 1. The number of carbonyl (C=O) groups excluding carboxylic acids is 1. The fraction of sp³-hybridized carbons (Fsp3) is 0.500. The van der Waals surface area contributed by atoms with Crippen molar-refractivity contribution in [2.24, 2.45) is 10.7 Å². The second-order valence-corrected chi connectivity index (χ2v) is 6.16. The van der Waals surface area contributed by atoms with Gasteiger partial charge in [0.2, 0.25) is 0 Å². The molecule has 1 aromatic rings. The van der Waals surface area contributed by atoms with Crippen LogP contribution >= 0.6 is 11.6 Å². The Labute approximate surface area is 134 Å². The summed E-state index contributed by atoms with van der Waals surface area (Å²) in [6.45, 7) is 0.188. The first kappa shape index (κ1) is 15.5. The van der Waals surface area contributed by atoms with Gasteiger partial charge in [-0.1, -0.05) is 29.8 Å². The summed E-state index contributed by atoms with van der Waals surface area (Å²) in [6.07, 6.45) is 1.96. The number of carbonyl (C=O) groups is 1. The van der Waals surface area contributed by atoms with E-state index in [1.165, 1.54) is 7.11 Å². The molecule has 0 amide bonds. The quantitative estimate of drug-likeness (QED) is 0.864. The smallest absolute Gasteiger partial charge is 0.333 e. The minimum atomic E-state index is -0.798. The third-order valence-electron chi connectivity index (χ3n) is 4.30. The van der Waals surface area contributed by atoms with E-state index < -0.39 is 11.6 Å². The van der Waals surface area contributed by atoms with Gasteiger partial charge in [-0.05, 0) is 30.9 Å². The molecule has 0 radical (unpaired) electrons. The predicted octanol–water partition coefficient (Wildman–Crippen LogP) is 2.06. The van der Waals surface area contributed by atoms with Gasteiger partial charge >= 0.3 is 5.97 Å². The number of hydrogen-bond acceptors (Lipinski definition) is 5. The van der Waals surface area contributed by atoms with Gasteiger partial charge in [0.1, 0.15) is 6.10 Å². The zero-order valence-corrected chi connectivity index (χ0v) is 13.2. The largest absolute Gasteiger partial charge is 0.454 e. The maximum Gasteiger partial charge on any atom is 0.333 e. The molecule has 1 unspecified atom stereocenters. The molecule has 1 aromatic carbocycles. The lowest BCUT2D eigenvalue weighted by molar-refractivity contribution is -0.151. The molecule has 1 aliphatic carbocycles. The van der Waals surface area contributed by atoms with Crippen molar-refractivity contribution in [1.29, 1.82) is 0 Å². The summed E-state index contributed by atoms with van der Waals surface area (Å²) in [6, 6.07) is 6.85. The topological polar surface area (TPSA) is 73.9 Å². The van der Waals surface area contributed by atoms with Gasteiger partial charge in [-0.15, -0.1) is 0 Å². The average Bonchev–Trinajstić information content (AvgIpc) is 2.49. The van der Waals surface area contributed by atoms with E-state index in [-0.39, 0.29) is 18.7 Å². The minimum absolute atomic E-state index is 0.188. The highest BCUT2D eigenvalue weighted by Gasteiger charge is 2.47. The van der Waals surface area contributed by atoms with Gasteiger partial charge in [0, 0.05) is 12.1 Å². The van der Waals surface area contributed by atoms with Crippen LogP contribution in [-0.2, 0) is 19.8 Å². The van der Waals surface area contributed by atoms with E-state index in [0.29, 0.717) is 10.7 Å². The summed E-state index contributed by atoms with van der Waals surface area (Å²) in [7, 11) is 1.53. The molecule has 1 aliphatic heterocycles. The Balaban J connectivity index is 2.06. The molecule has 1 fully saturated rings. The fourth-order valence-electron chi connectivity index (χ4n) is 3.23. The third kappa shape index (κ3) is 2.53. The van der Waals surface area contributed by atoms with Crippen LogP contribution in [0, 0.1) is 0 Å². The molecule has 0 spiro atoms. The molecule has 1 heterocycles. The Bertz CT molecular complexity index is 619. The summed E-state index contributed by atoms with van der Waals surface area (Å²) in [5.41, 5.74) is 7.42. The van der Waals surface area contributed by atoms with Crippen molar-refractivity contribution in [2.75, 3.05) is 13.7 Å². The number of rotatable bonds is 3. The highest BCUT2D eigenvalue weighted by molar-refractivity contribution is 6.32. The predicted molar refractivity (Wildman–Crippen MR) is 84.1 cm³/mol. The zero-order valence-electron chi connectivity index (χ0n) is 12.4. The van der Waals surface area contributed by atoms with Crippen molar-refractivity contribution < 1.29 is 14.3 Å². The first-order valence-corrected chi connectivity index (χ1v) is 7.75. The van der Waals surface area contributed by atoms with Gasteiger partial charge in [-0.3, -0.25) is 4.99 Å². The second-order valence-electron chi connectivity index (χ2n) is 5.75. The third-order valence-corrected chi connectivity index (χ3v) is 4.63. The normalized spacial score (nSPS) is 31.2. The van der Waals surface area contributed by atoms with Crippen LogP contribution in [0.1, 0.15) is 24.8 Å². The SMILES string of the molecule is COCC1N=C2[C@@H](CCC[C@@]2(N)c2ccccc2Cl)OC1=O. The Morgan fingerprint density at radius 2 is 2.27 bits per heavy atom. The monoisotopic (exact) mass is 322 g/mol. The van der Waals surface area contributed by atoms with Gasteiger partial charge in [-0.2, -0.15) is 0 Å². The van der Waals surface area contributed by atoms with E-state index in [1.807, 2.05) is 24.3 Å². The van der Waals surface area contributed by atoms with Crippen LogP contribution in [-0.4, -0.2) is 37.5 Å².